The molecule has 94 valence electrons. The molecule has 0 unspecified atom stereocenters. The number of aromatic nitrogens is 2. The van der Waals surface area contributed by atoms with Crippen LogP contribution in [0.4, 0.5) is 0 Å². The molecule has 2 aromatic heterocycles. The summed E-state index contributed by atoms with van der Waals surface area (Å²) >= 11 is 3.42. The van der Waals surface area contributed by atoms with Gasteiger partial charge in [0.1, 0.15) is 4.60 Å². The second kappa shape index (κ2) is 4.70. The lowest BCUT2D eigenvalue weighted by Gasteiger charge is -2.13. The second-order valence-electron chi connectivity index (χ2n) is 5.42. The minimum absolute atomic E-state index is 0.712. The number of rotatable bonds is 2. The Morgan fingerprint density at radius 3 is 3.11 bits per heavy atom. The Morgan fingerprint density at radius 1 is 1.56 bits per heavy atom. The van der Waals surface area contributed by atoms with Gasteiger partial charge in [-0.05, 0) is 53.0 Å². The lowest BCUT2D eigenvalue weighted by Crippen LogP contribution is -2.23. The molecule has 2 aromatic rings. The first-order chi connectivity index (χ1) is 8.63. The van der Waals surface area contributed by atoms with Gasteiger partial charge in [0.2, 0.25) is 0 Å². The molecule has 0 radical (unpaired) electrons. The van der Waals surface area contributed by atoms with E-state index >= 15 is 0 Å². The summed E-state index contributed by atoms with van der Waals surface area (Å²) in [6, 6.07) is 4.96. The molecule has 3 heterocycles. The van der Waals surface area contributed by atoms with Crippen LogP contribution >= 0.6 is 15.9 Å². The van der Waals surface area contributed by atoms with E-state index in [9.17, 15) is 0 Å². The van der Waals surface area contributed by atoms with Crippen molar-refractivity contribution in [1.82, 2.24) is 14.4 Å². The van der Waals surface area contributed by atoms with Crippen LogP contribution in [0.2, 0.25) is 0 Å². The first kappa shape index (κ1) is 12.2. The van der Waals surface area contributed by atoms with Crippen molar-refractivity contribution in [2.75, 3.05) is 6.54 Å². The summed E-state index contributed by atoms with van der Waals surface area (Å²) in [6.45, 7) is 4.61. The fraction of sp³-hybridized carbons (Fsp3) is 0.462. The molecule has 1 aliphatic rings. The van der Waals surface area contributed by atoms with Crippen LogP contribution in [0.25, 0.3) is 10.9 Å². The molecule has 3 rings (SSSR count). The Balaban J connectivity index is 1.83. The Labute approximate surface area is 117 Å². The SMILES string of the molecule is BN1C[C@H](Cn2ccc3cc(Br)ncc32)C[C@H]1C. The van der Waals surface area contributed by atoms with E-state index in [1.54, 1.807) is 0 Å². The quantitative estimate of drug-likeness (QED) is 0.625. The van der Waals surface area contributed by atoms with Gasteiger partial charge < -0.3 is 9.38 Å². The average molecular weight is 306 g/mol. The monoisotopic (exact) mass is 305 g/mol. The van der Waals surface area contributed by atoms with Crippen LogP contribution in [0.15, 0.2) is 29.1 Å². The number of nitrogens with zero attached hydrogens (tertiary/aromatic N) is 3. The molecule has 0 saturated carbocycles. The molecule has 0 bridgehead atoms. The fourth-order valence-corrected chi connectivity index (χ4v) is 3.30. The summed E-state index contributed by atoms with van der Waals surface area (Å²) in [5.41, 5.74) is 1.24. The molecule has 0 N–H and O–H groups in total. The van der Waals surface area contributed by atoms with Crippen LogP contribution in [-0.2, 0) is 6.54 Å². The van der Waals surface area contributed by atoms with Crippen LogP contribution in [0, 0.1) is 5.92 Å². The van der Waals surface area contributed by atoms with E-state index in [1.807, 2.05) is 6.20 Å². The maximum Gasteiger partial charge on any atom is 0.185 e. The van der Waals surface area contributed by atoms with E-state index in [2.05, 4.69) is 63.5 Å². The van der Waals surface area contributed by atoms with Crippen LogP contribution < -0.4 is 0 Å². The van der Waals surface area contributed by atoms with Crippen molar-refractivity contribution < 1.29 is 0 Å². The molecule has 18 heavy (non-hydrogen) atoms. The molecule has 1 aliphatic heterocycles. The summed E-state index contributed by atoms with van der Waals surface area (Å²) in [5, 5.41) is 1.26. The summed E-state index contributed by atoms with van der Waals surface area (Å²) < 4.78 is 3.24. The summed E-state index contributed by atoms with van der Waals surface area (Å²) in [5.74, 6) is 0.754. The third kappa shape index (κ3) is 2.21. The van der Waals surface area contributed by atoms with E-state index in [4.69, 9.17) is 0 Å². The molecule has 1 saturated heterocycles. The molecular formula is C13H17BBrN3. The van der Waals surface area contributed by atoms with E-state index in [-0.39, 0.29) is 0 Å². The number of halogens is 1. The molecule has 0 aliphatic carbocycles. The summed E-state index contributed by atoms with van der Waals surface area (Å²) in [4.78, 5) is 6.78. The minimum atomic E-state index is 0.712. The minimum Gasteiger partial charge on any atom is -0.346 e. The van der Waals surface area contributed by atoms with Crippen molar-refractivity contribution in [2.45, 2.75) is 25.9 Å². The van der Waals surface area contributed by atoms with Gasteiger partial charge >= 0.3 is 0 Å². The van der Waals surface area contributed by atoms with Gasteiger partial charge in [0.25, 0.3) is 0 Å². The highest BCUT2D eigenvalue weighted by atomic mass is 79.9. The molecule has 3 nitrogen and oxygen atoms in total. The maximum atomic E-state index is 4.33. The molecule has 5 heteroatoms. The van der Waals surface area contributed by atoms with Crippen molar-refractivity contribution in [3.63, 3.8) is 0 Å². The van der Waals surface area contributed by atoms with Gasteiger partial charge in [0.15, 0.2) is 7.98 Å². The predicted octanol–water partition coefficient (Wildman–Crippen LogP) is 2.06. The first-order valence-electron chi connectivity index (χ1n) is 6.44. The molecular weight excluding hydrogens is 289 g/mol. The Morgan fingerprint density at radius 2 is 2.39 bits per heavy atom. The Hall–Kier alpha value is -0.805. The van der Waals surface area contributed by atoms with E-state index < -0.39 is 0 Å². The van der Waals surface area contributed by atoms with Crippen LogP contribution in [0.5, 0.6) is 0 Å². The maximum absolute atomic E-state index is 4.33. The summed E-state index contributed by atoms with van der Waals surface area (Å²) in [7, 11) is 2.22. The third-order valence-corrected chi connectivity index (χ3v) is 4.49. The van der Waals surface area contributed by atoms with Crippen LogP contribution in [0.3, 0.4) is 0 Å². The number of fused-ring (bicyclic) bond motifs is 1. The van der Waals surface area contributed by atoms with Crippen molar-refractivity contribution in [3.8, 4) is 0 Å². The number of hydrogen-bond donors (Lipinski definition) is 0. The number of pyridine rings is 1. The largest absolute Gasteiger partial charge is 0.346 e. The smallest absolute Gasteiger partial charge is 0.185 e. The molecule has 0 spiro atoms. The van der Waals surface area contributed by atoms with Crippen LogP contribution in [-0.4, -0.2) is 34.9 Å². The average Bonchev–Trinajstić information content (AvgIpc) is 2.84. The van der Waals surface area contributed by atoms with Crippen molar-refractivity contribution in [1.29, 1.82) is 0 Å². The van der Waals surface area contributed by atoms with E-state index in [0.29, 0.717) is 6.04 Å². The zero-order valence-corrected chi connectivity index (χ0v) is 12.4. The highest BCUT2D eigenvalue weighted by Crippen LogP contribution is 2.25. The lowest BCUT2D eigenvalue weighted by atomic mass is 10.1. The normalized spacial score (nSPS) is 25.0. The van der Waals surface area contributed by atoms with Crippen molar-refractivity contribution in [3.05, 3.63) is 29.1 Å². The molecule has 1 fully saturated rings. The van der Waals surface area contributed by atoms with Gasteiger partial charge in [-0.1, -0.05) is 6.92 Å². The molecule has 2 atom stereocenters. The van der Waals surface area contributed by atoms with E-state index in [1.165, 1.54) is 23.9 Å². The van der Waals surface area contributed by atoms with Gasteiger partial charge in [-0.2, -0.15) is 0 Å². The molecule has 0 aromatic carbocycles. The van der Waals surface area contributed by atoms with Gasteiger partial charge in [-0.25, -0.2) is 4.98 Å². The van der Waals surface area contributed by atoms with Gasteiger partial charge in [0, 0.05) is 18.1 Å². The Bertz CT molecular complexity index is 558. The highest BCUT2D eigenvalue weighted by Gasteiger charge is 2.25. The van der Waals surface area contributed by atoms with Crippen molar-refractivity contribution >= 4 is 34.8 Å². The Kier molecular flexibility index (Phi) is 3.20. The second-order valence-corrected chi connectivity index (χ2v) is 6.24. The zero-order chi connectivity index (χ0) is 12.7. The first-order valence-corrected chi connectivity index (χ1v) is 7.23. The van der Waals surface area contributed by atoms with E-state index in [0.717, 1.165) is 17.1 Å². The lowest BCUT2D eigenvalue weighted by molar-refractivity contribution is 0.436. The van der Waals surface area contributed by atoms with Gasteiger partial charge in [-0.3, -0.25) is 0 Å². The predicted molar refractivity (Wildman–Crippen MR) is 80.3 cm³/mol. The topological polar surface area (TPSA) is 21.1 Å². The third-order valence-electron chi connectivity index (χ3n) is 4.05. The van der Waals surface area contributed by atoms with Crippen molar-refractivity contribution in [2.24, 2.45) is 5.92 Å². The van der Waals surface area contributed by atoms with Crippen LogP contribution in [0.1, 0.15) is 13.3 Å². The fourth-order valence-electron chi connectivity index (χ4n) is 2.95. The zero-order valence-electron chi connectivity index (χ0n) is 10.8. The standard InChI is InChI=1S/C13H17BBrN3/c1-9-4-10(8-18(9)14)7-17-3-2-11-5-13(15)16-6-12(11)17/h2-3,5-6,9-10H,4,7-8,14H2,1H3/t9-,10+/m1/s1. The van der Waals surface area contributed by atoms with Gasteiger partial charge in [-0.15, -0.1) is 0 Å². The molecule has 0 amide bonds. The highest BCUT2D eigenvalue weighted by molar-refractivity contribution is 9.10. The summed E-state index contributed by atoms with van der Waals surface area (Å²) in [6.07, 6.45) is 5.43. The number of hydrogen-bond acceptors (Lipinski definition) is 2. The van der Waals surface area contributed by atoms with Gasteiger partial charge in [0.05, 0.1) is 11.7 Å².